The van der Waals surface area contributed by atoms with Crippen LogP contribution in [0.25, 0.3) is 0 Å². The fourth-order valence-electron chi connectivity index (χ4n) is 0.611. The first-order chi connectivity index (χ1) is 5.61. The summed E-state index contributed by atoms with van der Waals surface area (Å²) in [6.07, 6.45) is -0.626. The van der Waals surface area contributed by atoms with Crippen molar-refractivity contribution < 1.29 is 14.6 Å². The first-order valence-electron chi connectivity index (χ1n) is 3.80. The Morgan fingerprint density at radius 2 is 2.33 bits per heavy atom. The van der Waals surface area contributed by atoms with Gasteiger partial charge in [0.1, 0.15) is 0 Å². The molecule has 0 aromatic heterocycles. The Kier molecular flexibility index (Phi) is 5.32. The molecule has 0 aliphatic rings. The monoisotopic (exact) mass is 173 g/mol. The lowest BCUT2D eigenvalue weighted by Crippen LogP contribution is -2.39. The van der Waals surface area contributed by atoms with Gasteiger partial charge in [-0.1, -0.05) is 6.58 Å². The molecule has 0 aliphatic carbocycles. The van der Waals surface area contributed by atoms with Crippen LogP contribution in [0.4, 0.5) is 0 Å². The lowest BCUT2D eigenvalue weighted by molar-refractivity contribution is -0.122. The summed E-state index contributed by atoms with van der Waals surface area (Å²) in [5.74, 6) is -0.303. The van der Waals surface area contributed by atoms with E-state index in [0.717, 1.165) is 0 Å². The van der Waals surface area contributed by atoms with Gasteiger partial charge in [0.2, 0.25) is 5.91 Å². The van der Waals surface area contributed by atoms with Crippen LogP contribution < -0.4 is 5.32 Å². The molecule has 0 aliphatic heterocycles. The average molecular weight is 173 g/mol. The maximum absolute atomic E-state index is 11.0. The van der Waals surface area contributed by atoms with E-state index in [9.17, 15) is 4.79 Å². The highest BCUT2D eigenvalue weighted by atomic mass is 16.5. The van der Waals surface area contributed by atoms with E-state index in [-0.39, 0.29) is 12.5 Å². The second kappa shape index (κ2) is 5.74. The quantitative estimate of drug-likeness (QED) is 0.455. The molecule has 0 aromatic carbocycles. The van der Waals surface area contributed by atoms with Crippen LogP contribution in [0.3, 0.4) is 0 Å². The molecular formula is C8H15NO3. The molecule has 1 amide bonds. The topological polar surface area (TPSA) is 58.6 Å². The molecule has 0 radical (unpaired) electrons. The van der Waals surface area contributed by atoms with Crippen molar-refractivity contribution in [2.24, 2.45) is 0 Å². The highest BCUT2D eigenvalue weighted by Crippen LogP contribution is 1.91. The molecule has 12 heavy (non-hydrogen) atoms. The number of carbonyl (C=O) groups is 1. The van der Waals surface area contributed by atoms with Crippen LogP contribution in [0.2, 0.25) is 0 Å². The molecule has 0 saturated heterocycles. The third-order valence-corrected chi connectivity index (χ3v) is 1.21. The second-order valence-corrected chi connectivity index (χ2v) is 2.38. The number of rotatable bonds is 5. The first kappa shape index (κ1) is 11.1. The van der Waals surface area contributed by atoms with E-state index in [1.54, 1.807) is 13.8 Å². The highest BCUT2D eigenvalue weighted by Gasteiger charge is 2.10. The number of amides is 1. The van der Waals surface area contributed by atoms with E-state index in [2.05, 4.69) is 11.9 Å². The Labute approximate surface area is 72.2 Å². The van der Waals surface area contributed by atoms with Crippen LogP contribution in [0.1, 0.15) is 13.8 Å². The van der Waals surface area contributed by atoms with Gasteiger partial charge in [-0.25, -0.2) is 0 Å². The molecular weight excluding hydrogens is 158 g/mol. The molecule has 0 spiro atoms. The van der Waals surface area contributed by atoms with E-state index >= 15 is 0 Å². The molecule has 0 fully saturated rings. The summed E-state index contributed by atoms with van der Waals surface area (Å²) >= 11 is 0. The van der Waals surface area contributed by atoms with Crippen LogP contribution in [0.15, 0.2) is 12.2 Å². The van der Waals surface area contributed by atoms with Gasteiger partial charge in [0.15, 0.2) is 6.23 Å². The third kappa shape index (κ3) is 4.10. The Morgan fingerprint density at radius 1 is 1.75 bits per heavy atom. The summed E-state index contributed by atoms with van der Waals surface area (Å²) in [5.41, 5.74) is 0.396. The van der Waals surface area contributed by atoms with E-state index in [1.807, 2.05) is 0 Å². The third-order valence-electron chi connectivity index (χ3n) is 1.21. The van der Waals surface area contributed by atoms with Crippen LogP contribution in [-0.2, 0) is 9.53 Å². The van der Waals surface area contributed by atoms with Crippen LogP contribution in [0, 0.1) is 0 Å². The normalized spacial score (nSPS) is 12.2. The molecule has 1 atom stereocenters. The summed E-state index contributed by atoms with van der Waals surface area (Å²) in [6.45, 7) is 7.05. The molecule has 0 aromatic rings. The molecule has 2 N–H and O–H groups in total. The minimum absolute atomic E-state index is 0.229. The van der Waals surface area contributed by atoms with Crippen LogP contribution in [-0.4, -0.2) is 30.5 Å². The maximum atomic E-state index is 11.0. The van der Waals surface area contributed by atoms with Crippen molar-refractivity contribution in [1.29, 1.82) is 0 Å². The molecule has 4 nitrogen and oxygen atoms in total. The zero-order valence-corrected chi connectivity index (χ0v) is 7.46. The Balaban J connectivity index is 3.85. The Hall–Kier alpha value is -0.870. The summed E-state index contributed by atoms with van der Waals surface area (Å²) in [6, 6.07) is 0. The predicted molar refractivity (Wildman–Crippen MR) is 45.5 cm³/mol. The van der Waals surface area contributed by atoms with Crippen molar-refractivity contribution in [2.75, 3.05) is 13.2 Å². The maximum Gasteiger partial charge on any atom is 0.248 e. The zero-order chi connectivity index (χ0) is 9.56. The second-order valence-electron chi connectivity index (χ2n) is 2.38. The molecule has 0 rings (SSSR count). The number of aliphatic hydroxyl groups is 1. The van der Waals surface area contributed by atoms with Crippen molar-refractivity contribution >= 4 is 5.91 Å². The number of hydrogen-bond donors (Lipinski definition) is 2. The van der Waals surface area contributed by atoms with Gasteiger partial charge in [-0.05, 0) is 13.8 Å². The fraction of sp³-hybridized carbons (Fsp3) is 0.625. The molecule has 0 heterocycles. The number of hydrogen-bond acceptors (Lipinski definition) is 3. The zero-order valence-electron chi connectivity index (χ0n) is 7.46. The van der Waals surface area contributed by atoms with Crippen LogP contribution >= 0.6 is 0 Å². The van der Waals surface area contributed by atoms with E-state index in [4.69, 9.17) is 9.84 Å². The largest absolute Gasteiger partial charge is 0.392 e. The minimum Gasteiger partial charge on any atom is -0.392 e. The average Bonchev–Trinajstić information content (AvgIpc) is 2.03. The smallest absolute Gasteiger partial charge is 0.248 e. The summed E-state index contributed by atoms with van der Waals surface area (Å²) in [5, 5.41) is 11.2. The molecule has 1 unspecified atom stereocenters. The number of ether oxygens (including phenoxy) is 1. The Bertz CT molecular complexity index is 168. The van der Waals surface area contributed by atoms with Gasteiger partial charge in [0, 0.05) is 12.2 Å². The fourth-order valence-corrected chi connectivity index (χ4v) is 0.611. The van der Waals surface area contributed by atoms with Crippen molar-refractivity contribution in [1.82, 2.24) is 5.32 Å². The highest BCUT2D eigenvalue weighted by molar-refractivity contribution is 5.92. The van der Waals surface area contributed by atoms with E-state index in [1.165, 1.54) is 0 Å². The van der Waals surface area contributed by atoms with Crippen molar-refractivity contribution in [2.45, 2.75) is 20.1 Å². The van der Waals surface area contributed by atoms with Gasteiger partial charge < -0.3 is 15.2 Å². The van der Waals surface area contributed by atoms with Crippen LogP contribution in [0.5, 0.6) is 0 Å². The lowest BCUT2D eigenvalue weighted by Gasteiger charge is -2.15. The van der Waals surface area contributed by atoms with Gasteiger partial charge in [-0.3, -0.25) is 4.79 Å². The van der Waals surface area contributed by atoms with E-state index in [0.29, 0.717) is 12.2 Å². The van der Waals surface area contributed by atoms with Gasteiger partial charge in [-0.2, -0.15) is 0 Å². The predicted octanol–water partition coefficient (Wildman–Crippen LogP) is 0.0336. The first-order valence-corrected chi connectivity index (χ1v) is 3.80. The summed E-state index contributed by atoms with van der Waals surface area (Å²) in [4.78, 5) is 11.0. The SMILES string of the molecule is C=C(C)C(=O)NC(CO)OCC. The summed E-state index contributed by atoms with van der Waals surface area (Å²) in [7, 11) is 0. The lowest BCUT2D eigenvalue weighted by atomic mass is 10.3. The molecule has 0 bridgehead atoms. The van der Waals surface area contributed by atoms with Gasteiger partial charge in [-0.15, -0.1) is 0 Å². The van der Waals surface area contributed by atoms with E-state index < -0.39 is 6.23 Å². The Morgan fingerprint density at radius 3 is 2.67 bits per heavy atom. The number of carbonyl (C=O) groups excluding carboxylic acids is 1. The number of nitrogens with one attached hydrogen (secondary N) is 1. The van der Waals surface area contributed by atoms with Gasteiger partial charge in [0.25, 0.3) is 0 Å². The molecule has 0 saturated carbocycles. The molecule has 4 heteroatoms. The standard InChI is InChI=1S/C8H15NO3/c1-4-12-7(5-10)9-8(11)6(2)3/h7,10H,2,4-5H2,1,3H3,(H,9,11). The van der Waals surface area contributed by atoms with Gasteiger partial charge >= 0.3 is 0 Å². The summed E-state index contributed by atoms with van der Waals surface area (Å²) < 4.78 is 4.99. The minimum atomic E-state index is -0.626. The van der Waals surface area contributed by atoms with Crippen molar-refractivity contribution in [3.05, 3.63) is 12.2 Å². The molecule has 70 valence electrons. The van der Waals surface area contributed by atoms with Crippen molar-refractivity contribution in [3.63, 3.8) is 0 Å². The van der Waals surface area contributed by atoms with Gasteiger partial charge in [0.05, 0.1) is 6.61 Å². The van der Waals surface area contributed by atoms with Crippen molar-refractivity contribution in [3.8, 4) is 0 Å². The number of aliphatic hydroxyl groups excluding tert-OH is 1.